The number of anilines is 3. The number of para-hydroxylation sites is 3. The van der Waals surface area contributed by atoms with Crippen molar-refractivity contribution in [2.75, 3.05) is 4.90 Å². The first-order chi connectivity index (χ1) is 26.5. The van der Waals surface area contributed by atoms with Crippen molar-refractivity contribution in [2.24, 2.45) is 0 Å². The van der Waals surface area contributed by atoms with Gasteiger partial charge in [-0.1, -0.05) is 147 Å². The van der Waals surface area contributed by atoms with Gasteiger partial charge in [0, 0.05) is 32.7 Å². The number of benzene rings is 8. The normalized spacial score (nSPS) is 15.5. The van der Waals surface area contributed by atoms with E-state index in [1.165, 1.54) is 27.8 Å². The van der Waals surface area contributed by atoms with E-state index >= 15 is 0 Å². The first kappa shape index (κ1) is 29.8. The Morgan fingerprint density at radius 1 is 0.426 bits per heavy atom. The van der Waals surface area contributed by atoms with Crippen LogP contribution >= 0.6 is 0 Å². The van der Waals surface area contributed by atoms with Crippen LogP contribution in [0.2, 0.25) is 0 Å². The van der Waals surface area contributed by atoms with Gasteiger partial charge in [0.1, 0.15) is 5.58 Å². The second kappa shape index (κ2) is 10.2. The fourth-order valence-electron chi connectivity index (χ4n) is 10.3. The molecular weight excluding hydrogens is 659 g/mol. The Morgan fingerprint density at radius 3 is 1.80 bits per heavy atom. The molecule has 0 bridgehead atoms. The van der Waals surface area contributed by atoms with Crippen LogP contribution in [0.25, 0.3) is 43.8 Å². The van der Waals surface area contributed by atoms with E-state index in [1.54, 1.807) is 0 Å². The van der Waals surface area contributed by atoms with E-state index < -0.39 is 5.41 Å². The number of ketones is 1. The molecule has 8 aromatic carbocycles. The van der Waals surface area contributed by atoms with Crippen molar-refractivity contribution in [3.63, 3.8) is 0 Å². The molecule has 0 fully saturated rings. The van der Waals surface area contributed by atoms with Crippen molar-refractivity contribution in [3.8, 4) is 11.1 Å². The van der Waals surface area contributed by atoms with Gasteiger partial charge < -0.3 is 9.32 Å². The number of carbonyl (C=O) groups is 1. The van der Waals surface area contributed by atoms with E-state index in [0.717, 1.165) is 77.6 Å². The standard InChI is InChI=1S/C51H33NO2/c1-50(2)38-19-7-6-17-35(38)47(53)37-28-36-32-16-5-8-20-39(32)51(43(36)29-42(37)50)40-21-9-11-23-44(40)52(45-24-12-10-22-41(45)51)46-25-13-18-33-34-27-26-30-14-3-4-15-31(30)48(34)54-49(33)46/h3-29H,1-2H3. The lowest BCUT2D eigenvalue weighted by Crippen LogP contribution is -2.37. The molecule has 0 amide bonds. The Morgan fingerprint density at radius 2 is 1.02 bits per heavy atom. The molecule has 9 aromatic rings. The molecule has 0 saturated heterocycles. The molecule has 54 heavy (non-hydrogen) atoms. The van der Waals surface area contributed by atoms with Crippen molar-refractivity contribution in [1.82, 2.24) is 0 Å². The lowest BCUT2D eigenvalue weighted by molar-refractivity contribution is 0.103. The van der Waals surface area contributed by atoms with Crippen LogP contribution in [0.3, 0.4) is 0 Å². The lowest BCUT2D eigenvalue weighted by atomic mass is 9.62. The molecule has 254 valence electrons. The van der Waals surface area contributed by atoms with E-state index in [2.05, 4.69) is 170 Å². The van der Waals surface area contributed by atoms with Gasteiger partial charge in [0.25, 0.3) is 0 Å². The Kier molecular flexibility index (Phi) is 5.66. The van der Waals surface area contributed by atoms with E-state index in [9.17, 15) is 4.79 Å². The minimum absolute atomic E-state index is 0.100. The summed E-state index contributed by atoms with van der Waals surface area (Å²) < 4.78 is 6.96. The van der Waals surface area contributed by atoms with Crippen molar-refractivity contribution in [2.45, 2.75) is 24.7 Å². The van der Waals surface area contributed by atoms with E-state index in [4.69, 9.17) is 4.42 Å². The molecule has 2 aliphatic carbocycles. The van der Waals surface area contributed by atoms with Gasteiger partial charge in [-0.3, -0.25) is 4.79 Å². The van der Waals surface area contributed by atoms with E-state index in [1.807, 2.05) is 12.1 Å². The van der Waals surface area contributed by atoms with Crippen molar-refractivity contribution in [3.05, 3.63) is 208 Å². The third kappa shape index (κ3) is 3.50. The average Bonchev–Trinajstić information content (AvgIpc) is 3.74. The fraction of sp³-hybridized carbons (Fsp3) is 0.0784. The maximum Gasteiger partial charge on any atom is 0.193 e. The Balaban J connectivity index is 1.17. The number of rotatable bonds is 1. The quantitative estimate of drug-likeness (QED) is 0.172. The molecule has 0 N–H and O–H groups in total. The second-order valence-corrected chi connectivity index (χ2v) is 15.5. The monoisotopic (exact) mass is 691 g/mol. The highest BCUT2D eigenvalue weighted by molar-refractivity contribution is 6.18. The molecule has 1 aliphatic heterocycles. The summed E-state index contributed by atoms with van der Waals surface area (Å²) in [5.41, 5.74) is 14.9. The van der Waals surface area contributed by atoms with Crippen LogP contribution in [0, 0.1) is 0 Å². The van der Waals surface area contributed by atoms with Gasteiger partial charge in [-0.25, -0.2) is 0 Å². The zero-order valence-electron chi connectivity index (χ0n) is 29.9. The van der Waals surface area contributed by atoms with Gasteiger partial charge in [-0.05, 0) is 80.2 Å². The summed E-state index contributed by atoms with van der Waals surface area (Å²) in [5.74, 6) is 0.100. The highest BCUT2D eigenvalue weighted by atomic mass is 16.3. The average molecular weight is 692 g/mol. The number of carbonyl (C=O) groups excluding carboxylic acids is 1. The lowest BCUT2D eigenvalue weighted by Gasteiger charge is -2.45. The number of hydrogen-bond acceptors (Lipinski definition) is 3. The molecular formula is C51H33NO2. The molecule has 0 unspecified atom stereocenters. The summed E-state index contributed by atoms with van der Waals surface area (Å²) in [6.45, 7) is 4.53. The SMILES string of the molecule is CC1(C)c2ccccc2C(=O)c2cc3c(cc21)C1(c2ccccc2-3)c2ccccc2N(c2cccc3c2oc2c4ccccc4ccc32)c2ccccc21. The Bertz CT molecular complexity index is 3080. The van der Waals surface area contributed by atoms with Gasteiger partial charge >= 0.3 is 0 Å². The fourth-order valence-corrected chi connectivity index (χ4v) is 10.3. The molecule has 3 nitrogen and oxygen atoms in total. The highest BCUT2D eigenvalue weighted by Gasteiger charge is 2.53. The van der Waals surface area contributed by atoms with Crippen molar-refractivity contribution in [1.29, 1.82) is 0 Å². The molecule has 3 heteroatoms. The van der Waals surface area contributed by atoms with Crippen LogP contribution < -0.4 is 4.90 Å². The summed E-state index contributed by atoms with van der Waals surface area (Å²) in [7, 11) is 0. The summed E-state index contributed by atoms with van der Waals surface area (Å²) in [6, 6.07) is 58.7. The molecule has 0 saturated carbocycles. The van der Waals surface area contributed by atoms with Crippen molar-refractivity contribution >= 4 is 55.6 Å². The topological polar surface area (TPSA) is 33.5 Å². The van der Waals surface area contributed by atoms with Gasteiger partial charge in [-0.15, -0.1) is 0 Å². The maximum atomic E-state index is 14.3. The summed E-state index contributed by atoms with van der Waals surface area (Å²) in [4.78, 5) is 16.7. The Labute approximate surface area is 312 Å². The van der Waals surface area contributed by atoms with Gasteiger partial charge in [0.2, 0.25) is 0 Å². The zero-order chi connectivity index (χ0) is 35.9. The third-order valence-electron chi connectivity index (χ3n) is 12.7. The van der Waals surface area contributed by atoms with E-state index in [0.29, 0.717) is 0 Å². The first-order valence-electron chi connectivity index (χ1n) is 18.7. The number of fused-ring (bicyclic) bond motifs is 16. The smallest absolute Gasteiger partial charge is 0.193 e. The van der Waals surface area contributed by atoms with Crippen LogP contribution in [0.15, 0.2) is 168 Å². The Hall–Kier alpha value is -6.71. The molecule has 2 heterocycles. The predicted molar refractivity (Wildman–Crippen MR) is 219 cm³/mol. The van der Waals surface area contributed by atoms with Crippen LogP contribution in [0.5, 0.6) is 0 Å². The number of furan rings is 1. The number of nitrogens with zero attached hydrogens (tertiary/aromatic N) is 1. The van der Waals surface area contributed by atoms with Gasteiger partial charge in [0.15, 0.2) is 11.4 Å². The van der Waals surface area contributed by atoms with E-state index in [-0.39, 0.29) is 11.2 Å². The molecule has 12 rings (SSSR count). The van der Waals surface area contributed by atoms with Crippen LogP contribution in [0.4, 0.5) is 17.1 Å². The molecule has 0 radical (unpaired) electrons. The van der Waals surface area contributed by atoms with Crippen LogP contribution in [-0.2, 0) is 10.8 Å². The number of hydrogen-bond donors (Lipinski definition) is 0. The molecule has 0 atom stereocenters. The highest BCUT2D eigenvalue weighted by Crippen LogP contribution is 2.64. The van der Waals surface area contributed by atoms with Crippen LogP contribution in [0.1, 0.15) is 63.1 Å². The zero-order valence-corrected chi connectivity index (χ0v) is 29.9. The summed E-state index contributed by atoms with van der Waals surface area (Å²) in [5, 5.41) is 4.49. The third-order valence-corrected chi connectivity index (χ3v) is 12.7. The first-order valence-corrected chi connectivity index (χ1v) is 18.7. The second-order valence-electron chi connectivity index (χ2n) is 15.5. The molecule has 1 aromatic heterocycles. The van der Waals surface area contributed by atoms with Crippen molar-refractivity contribution < 1.29 is 9.21 Å². The maximum absolute atomic E-state index is 14.3. The largest absolute Gasteiger partial charge is 0.453 e. The predicted octanol–water partition coefficient (Wildman–Crippen LogP) is 12.8. The molecule has 3 aliphatic rings. The summed E-state index contributed by atoms with van der Waals surface area (Å²) in [6.07, 6.45) is 0. The van der Waals surface area contributed by atoms with Gasteiger partial charge in [-0.2, -0.15) is 0 Å². The minimum atomic E-state index is -0.626. The van der Waals surface area contributed by atoms with Crippen LogP contribution in [-0.4, -0.2) is 5.78 Å². The molecule has 1 spiro atoms. The minimum Gasteiger partial charge on any atom is -0.453 e. The van der Waals surface area contributed by atoms with Gasteiger partial charge in [0.05, 0.1) is 22.5 Å². The summed E-state index contributed by atoms with van der Waals surface area (Å²) >= 11 is 0.